The van der Waals surface area contributed by atoms with Gasteiger partial charge in [0.05, 0.1) is 18.3 Å². The van der Waals surface area contributed by atoms with E-state index < -0.39 is 0 Å². The molecule has 24 heavy (non-hydrogen) atoms. The van der Waals surface area contributed by atoms with Crippen LogP contribution >= 0.6 is 0 Å². The number of benzene rings is 1. The van der Waals surface area contributed by atoms with Gasteiger partial charge < -0.3 is 14.8 Å². The SMILES string of the molecule is CC(=O)N[C@@H]1C[C@H](c2ccccc2OC(C)C)O[C@@H]2CCCC[C@@H]12. The van der Waals surface area contributed by atoms with E-state index in [0.717, 1.165) is 30.6 Å². The van der Waals surface area contributed by atoms with Crippen LogP contribution < -0.4 is 10.1 Å². The number of hydrogen-bond acceptors (Lipinski definition) is 3. The summed E-state index contributed by atoms with van der Waals surface area (Å²) in [6.45, 7) is 5.68. The third-order valence-corrected chi connectivity index (χ3v) is 5.09. The van der Waals surface area contributed by atoms with Gasteiger partial charge >= 0.3 is 0 Å². The maximum atomic E-state index is 11.7. The molecule has 0 unspecified atom stereocenters. The third-order valence-electron chi connectivity index (χ3n) is 5.09. The van der Waals surface area contributed by atoms with Gasteiger partial charge in [-0.15, -0.1) is 0 Å². The smallest absolute Gasteiger partial charge is 0.217 e. The Morgan fingerprint density at radius 1 is 1.25 bits per heavy atom. The Bertz CT molecular complexity index is 572. The molecule has 1 saturated carbocycles. The van der Waals surface area contributed by atoms with Gasteiger partial charge in [0.2, 0.25) is 5.91 Å². The predicted molar refractivity (Wildman–Crippen MR) is 94.0 cm³/mol. The van der Waals surface area contributed by atoms with Gasteiger partial charge in [-0.1, -0.05) is 31.0 Å². The van der Waals surface area contributed by atoms with Gasteiger partial charge in [0.15, 0.2) is 0 Å². The summed E-state index contributed by atoms with van der Waals surface area (Å²) in [5.74, 6) is 1.39. The normalized spacial score (nSPS) is 29.8. The average Bonchev–Trinajstić information content (AvgIpc) is 2.54. The predicted octanol–water partition coefficient (Wildman–Crippen LogP) is 4.00. The van der Waals surface area contributed by atoms with Crippen LogP contribution in [0, 0.1) is 5.92 Å². The molecule has 0 spiro atoms. The molecule has 1 aliphatic carbocycles. The summed E-state index contributed by atoms with van der Waals surface area (Å²) in [6, 6.07) is 8.33. The van der Waals surface area contributed by atoms with Gasteiger partial charge in [-0.2, -0.15) is 0 Å². The van der Waals surface area contributed by atoms with Crippen molar-refractivity contribution in [3.05, 3.63) is 29.8 Å². The first-order chi connectivity index (χ1) is 11.5. The van der Waals surface area contributed by atoms with Crippen molar-refractivity contribution in [2.24, 2.45) is 5.92 Å². The molecule has 1 saturated heterocycles. The second-order valence-electron chi connectivity index (χ2n) is 7.36. The summed E-state index contributed by atoms with van der Waals surface area (Å²) in [5, 5.41) is 3.18. The van der Waals surface area contributed by atoms with Gasteiger partial charge in [-0.3, -0.25) is 4.79 Å². The number of rotatable bonds is 4. The minimum Gasteiger partial charge on any atom is -0.491 e. The van der Waals surface area contributed by atoms with E-state index in [0.29, 0.717) is 5.92 Å². The van der Waals surface area contributed by atoms with Gasteiger partial charge in [-0.05, 0) is 39.2 Å². The van der Waals surface area contributed by atoms with E-state index in [9.17, 15) is 4.79 Å². The molecule has 2 fully saturated rings. The van der Waals surface area contributed by atoms with Crippen molar-refractivity contribution in [3.63, 3.8) is 0 Å². The van der Waals surface area contributed by atoms with Crippen molar-refractivity contribution >= 4 is 5.91 Å². The largest absolute Gasteiger partial charge is 0.491 e. The molecule has 1 amide bonds. The fourth-order valence-electron chi connectivity index (χ4n) is 4.16. The number of carbonyl (C=O) groups is 1. The number of fused-ring (bicyclic) bond motifs is 1. The first-order valence-corrected chi connectivity index (χ1v) is 9.22. The standard InChI is InChI=1S/C20H29NO3/c1-13(2)23-19-11-7-5-9-16(19)20-12-17(21-14(3)22)15-8-4-6-10-18(15)24-20/h5,7,9,11,13,15,17-18,20H,4,6,8,10,12H2,1-3H3,(H,21,22)/t15-,17+,18+,20+/m0/s1. The van der Waals surface area contributed by atoms with Crippen molar-refractivity contribution in [2.45, 2.75) is 77.2 Å². The lowest BCUT2D eigenvalue weighted by Crippen LogP contribution is -2.50. The van der Waals surface area contributed by atoms with Crippen molar-refractivity contribution in [1.29, 1.82) is 0 Å². The first kappa shape index (κ1) is 17.3. The molecule has 0 radical (unpaired) electrons. The van der Waals surface area contributed by atoms with E-state index in [4.69, 9.17) is 9.47 Å². The number of nitrogens with one attached hydrogen (secondary N) is 1. The first-order valence-electron chi connectivity index (χ1n) is 9.22. The Labute approximate surface area is 144 Å². The van der Waals surface area contributed by atoms with Crippen molar-refractivity contribution in [3.8, 4) is 5.75 Å². The number of amides is 1. The molecule has 4 atom stereocenters. The van der Waals surface area contributed by atoms with Crippen LogP contribution in [-0.4, -0.2) is 24.2 Å². The van der Waals surface area contributed by atoms with Crippen LogP contribution in [0.25, 0.3) is 0 Å². The summed E-state index contributed by atoms with van der Waals surface area (Å²) in [4.78, 5) is 11.7. The zero-order valence-electron chi connectivity index (χ0n) is 15.0. The second kappa shape index (κ2) is 7.56. The molecule has 132 valence electrons. The summed E-state index contributed by atoms with van der Waals surface area (Å²) in [5.41, 5.74) is 1.10. The number of hydrogen-bond donors (Lipinski definition) is 1. The Morgan fingerprint density at radius 2 is 2.00 bits per heavy atom. The minimum absolute atomic E-state index is 0.0175. The summed E-state index contributed by atoms with van der Waals surface area (Å²) in [7, 11) is 0. The molecule has 3 rings (SSSR count). The van der Waals surface area contributed by atoms with Gasteiger partial charge in [0.25, 0.3) is 0 Å². The minimum atomic E-state index is -0.0175. The Morgan fingerprint density at radius 3 is 2.75 bits per heavy atom. The highest BCUT2D eigenvalue weighted by molar-refractivity contribution is 5.73. The van der Waals surface area contributed by atoms with E-state index in [1.54, 1.807) is 6.92 Å². The molecule has 1 heterocycles. The topological polar surface area (TPSA) is 47.6 Å². The molecular weight excluding hydrogens is 302 g/mol. The zero-order valence-corrected chi connectivity index (χ0v) is 15.0. The number of carbonyl (C=O) groups excluding carboxylic acids is 1. The van der Waals surface area contributed by atoms with Crippen molar-refractivity contribution in [1.82, 2.24) is 5.32 Å². The molecular formula is C20H29NO3. The van der Waals surface area contributed by atoms with Crippen LogP contribution in [0.4, 0.5) is 0 Å². The maximum Gasteiger partial charge on any atom is 0.217 e. The van der Waals surface area contributed by atoms with E-state index in [1.165, 1.54) is 12.8 Å². The molecule has 1 aliphatic heterocycles. The molecule has 4 nitrogen and oxygen atoms in total. The van der Waals surface area contributed by atoms with E-state index in [2.05, 4.69) is 11.4 Å². The quantitative estimate of drug-likeness (QED) is 0.907. The van der Waals surface area contributed by atoms with E-state index in [1.807, 2.05) is 32.0 Å². The molecule has 2 aliphatic rings. The van der Waals surface area contributed by atoms with Gasteiger partial charge in [-0.25, -0.2) is 0 Å². The zero-order chi connectivity index (χ0) is 17.1. The Balaban J connectivity index is 1.84. The van der Waals surface area contributed by atoms with Crippen LogP contribution in [0.15, 0.2) is 24.3 Å². The van der Waals surface area contributed by atoms with Gasteiger partial charge in [0.1, 0.15) is 5.75 Å². The van der Waals surface area contributed by atoms with E-state index >= 15 is 0 Å². The lowest BCUT2D eigenvalue weighted by atomic mass is 9.76. The maximum absolute atomic E-state index is 11.7. The highest BCUT2D eigenvalue weighted by Crippen LogP contribution is 2.43. The average molecular weight is 331 g/mol. The van der Waals surface area contributed by atoms with Crippen LogP contribution in [0.3, 0.4) is 0 Å². The fraction of sp³-hybridized carbons (Fsp3) is 0.650. The van der Waals surface area contributed by atoms with Gasteiger partial charge in [0, 0.05) is 24.4 Å². The molecule has 1 aromatic rings. The van der Waals surface area contributed by atoms with Crippen LogP contribution in [0.1, 0.15) is 64.5 Å². The monoisotopic (exact) mass is 331 g/mol. The molecule has 1 aromatic carbocycles. The second-order valence-corrected chi connectivity index (χ2v) is 7.36. The highest BCUT2D eigenvalue weighted by Gasteiger charge is 2.41. The Kier molecular flexibility index (Phi) is 5.44. The third kappa shape index (κ3) is 3.92. The number of ether oxygens (including phenoxy) is 2. The Hall–Kier alpha value is -1.55. The summed E-state index contributed by atoms with van der Waals surface area (Å²) in [6.07, 6.45) is 5.85. The van der Waals surface area contributed by atoms with Crippen molar-refractivity contribution < 1.29 is 14.3 Å². The lowest BCUT2D eigenvalue weighted by Gasteiger charge is -2.45. The summed E-state index contributed by atoms with van der Waals surface area (Å²) >= 11 is 0. The van der Waals surface area contributed by atoms with Crippen molar-refractivity contribution in [2.75, 3.05) is 0 Å². The van der Waals surface area contributed by atoms with Crippen LogP contribution in [-0.2, 0) is 9.53 Å². The molecule has 1 N–H and O–H groups in total. The highest BCUT2D eigenvalue weighted by atomic mass is 16.5. The fourth-order valence-corrected chi connectivity index (χ4v) is 4.16. The van der Waals surface area contributed by atoms with Crippen LogP contribution in [0.5, 0.6) is 5.75 Å². The molecule has 0 bridgehead atoms. The summed E-state index contributed by atoms with van der Waals surface area (Å²) < 4.78 is 12.5. The van der Waals surface area contributed by atoms with E-state index in [-0.39, 0.29) is 30.3 Å². The molecule has 0 aromatic heterocycles. The molecule has 4 heteroatoms. The van der Waals surface area contributed by atoms with Crippen LogP contribution in [0.2, 0.25) is 0 Å². The lowest BCUT2D eigenvalue weighted by molar-refractivity contribution is -0.131. The number of para-hydroxylation sites is 1.